The highest BCUT2D eigenvalue weighted by atomic mass is 16.5. The molecule has 1 aliphatic rings. The van der Waals surface area contributed by atoms with Crippen molar-refractivity contribution in [3.63, 3.8) is 0 Å². The fourth-order valence-corrected chi connectivity index (χ4v) is 3.34. The number of hydrogen-bond donors (Lipinski definition) is 0. The quantitative estimate of drug-likeness (QED) is 0.659. The monoisotopic (exact) mass is 319 g/mol. The second-order valence-electron chi connectivity index (χ2n) is 6.28. The minimum Gasteiger partial charge on any atom is -0.497 e. The van der Waals surface area contributed by atoms with Crippen LogP contribution in [0.4, 0.5) is 0 Å². The van der Waals surface area contributed by atoms with Crippen LogP contribution in [-0.4, -0.2) is 18.2 Å². The Morgan fingerprint density at radius 2 is 1.75 bits per heavy atom. The molecule has 0 aliphatic heterocycles. The molecule has 2 aromatic carbocycles. The minimum atomic E-state index is 0.321. The molecule has 4 rings (SSSR count). The maximum absolute atomic E-state index is 6.34. The maximum Gasteiger partial charge on any atom is 0.131 e. The van der Waals surface area contributed by atoms with Gasteiger partial charge in [0.25, 0.3) is 0 Å². The summed E-state index contributed by atoms with van der Waals surface area (Å²) in [4.78, 5) is 4.83. The van der Waals surface area contributed by atoms with Gasteiger partial charge in [-0.2, -0.15) is 0 Å². The van der Waals surface area contributed by atoms with Gasteiger partial charge in [-0.05, 0) is 37.8 Å². The maximum atomic E-state index is 6.34. The lowest BCUT2D eigenvalue weighted by molar-refractivity contribution is 0.213. The van der Waals surface area contributed by atoms with Crippen LogP contribution in [-0.2, 0) is 0 Å². The molecule has 0 saturated heterocycles. The summed E-state index contributed by atoms with van der Waals surface area (Å²) < 4.78 is 11.7. The van der Waals surface area contributed by atoms with Crippen molar-refractivity contribution in [2.75, 3.05) is 7.11 Å². The number of methoxy groups -OCH3 is 1. The van der Waals surface area contributed by atoms with Crippen molar-refractivity contribution >= 4 is 10.9 Å². The molecule has 1 saturated carbocycles. The molecule has 122 valence electrons. The molecular weight excluding hydrogens is 298 g/mol. The SMILES string of the molecule is COc1ccc2c(OC3CCCC3)cc(-c3ccccc3)nc2c1. The third kappa shape index (κ3) is 2.94. The number of benzene rings is 2. The van der Waals surface area contributed by atoms with E-state index in [4.69, 9.17) is 14.5 Å². The van der Waals surface area contributed by atoms with E-state index in [1.54, 1.807) is 7.11 Å². The number of nitrogens with zero attached hydrogens (tertiary/aromatic N) is 1. The molecule has 3 heteroatoms. The lowest BCUT2D eigenvalue weighted by atomic mass is 10.1. The van der Waals surface area contributed by atoms with Gasteiger partial charge in [-0.1, -0.05) is 30.3 Å². The van der Waals surface area contributed by atoms with Crippen molar-refractivity contribution in [1.29, 1.82) is 0 Å². The molecule has 1 fully saturated rings. The van der Waals surface area contributed by atoms with Gasteiger partial charge in [0.05, 0.1) is 24.4 Å². The fraction of sp³-hybridized carbons (Fsp3) is 0.286. The first-order valence-corrected chi connectivity index (χ1v) is 8.54. The summed E-state index contributed by atoms with van der Waals surface area (Å²) in [7, 11) is 1.68. The Kier molecular flexibility index (Phi) is 4.08. The van der Waals surface area contributed by atoms with E-state index in [0.717, 1.165) is 46.5 Å². The van der Waals surface area contributed by atoms with E-state index in [0.29, 0.717) is 6.10 Å². The van der Waals surface area contributed by atoms with Crippen LogP contribution in [0.25, 0.3) is 22.2 Å². The lowest BCUT2D eigenvalue weighted by Gasteiger charge is -2.16. The topological polar surface area (TPSA) is 31.4 Å². The van der Waals surface area contributed by atoms with Crippen LogP contribution in [0.1, 0.15) is 25.7 Å². The van der Waals surface area contributed by atoms with Gasteiger partial charge in [0.2, 0.25) is 0 Å². The highest BCUT2D eigenvalue weighted by Gasteiger charge is 2.19. The zero-order valence-corrected chi connectivity index (χ0v) is 13.9. The minimum absolute atomic E-state index is 0.321. The first-order chi connectivity index (χ1) is 11.8. The van der Waals surface area contributed by atoms with E-state index in [1.165, 1.54) is 12.8 Å². The fourth-order valence-electron chi connectivity index (χ4n) is 3.34. The molecule has 0 spiro atoms. The average molecular weight is 319 g/mol. The third-order valence-electron chi connectivity index (χ3n) is 4.64. The molecule has 1 aromatic heterocycles. The Labute approximate surface area is 142 Å². The van der Waals surface area contributed by atoms with Crippen LogP contribution in [0.5, 0.6) is 11.5 Å². The van der Waals surface area contributed by atoms with E-state index in [-0.39, 0.29) is 0 Å². The zero-order chi connectivity index (χ0) is 16.4. The molecule has 3 aromatic rings. The Bertz CT molecular complexity index is 839. The molecule has 0 amide bonds. The number of ether oxygens (including phenoxy) is 2. The van der Waals surface area contributed by atoms with Crippen LogP contribution in [0.2, 0.25) is 0 Å². The summed E-state index contributed by atoms with van der Waals surface area (Å²) in [6.45, 7) is 0. The number of fused-ring (bicyclic) bond motifs is 1. The molecule has 3 nitrogen and oxygen atoms in total. The number of hydrogen-bond acceptors (Lipinski definition) is 3. The summed E-state index contributed by atoms with van der Waals surface area (Å²) in [5.41, 5.74) is 2.94. The van der Waals surface area contributed by atoms with Crippen molar-refractivity contribution in [1.82, 2.24) is 4.98 Å². The van der Waals surface area contributed by atoms with Gasteiger partial charge in [-0.25, -0.2) is 4.98 Å². The van der Waals surface area contributed by atoms with Gasteiger partial charge in [-0.15, -0.1) is 0 Å². The predicted octanol–water partition coefficient (Wildman–Crippen LogP) is 5.23. The second kappa shape index (κ2) is 6.52. The molecule has 0 N–H and O–H groups in total. The van der Waals surface area contributed by atoms with Gasteiger partial charge in [0, 0.05) is 23.1 Å². The van der Waals surface area contributed by atoms with Gasteiger partial charge in [0.15, 0.2) is 0 Å². The molecule has 1 heterocycles. The average Bonchev–Trinajstić information content (AvgIpc) is 3.15. The van der Waals surface area contributed by atoms with Gasteiger partial charge < -0.3 is 9.47 Å². The normalized spacial score (nSPS) is 14.9. The lowest BCUT2D eigenvalue weighted by Crippen LogP contribution is -2.11. The van der Waals surface area contributed by atoms with E-state index < -0.39 is 0 Å². The highest BCUT2D eigenvalue weighted by Crippen LogP contribution is 2.34. The summed E-state index contributed by atoms with van der Waals surface area (Å²) >= 11 is 0. The number of pyridine rings is 1. The Hall–Kier alpha value is -2.55. The summed E-state index contributed by atoms with van der Waals surface area (Å²) in [6, 6.07) is 18.3. The Morgan fingerprint density at radius 3 is 2.50 bits per heavy atom. The first kappa shape index (κ1) is 15.0. The summed E-state index contributed by atoms with van der Waals surface area (Å²) in [5.74, 6) is 1.74. The highest BCUT2D eigenvalue weighted by molar-refractivity contribution is 5.89. The van der Waals surface area contributed by atoms with Gasteiger partial charge in [0.1, 0.15) is 11.5 Å². The molecule has 0 atom stereocenters. The van der Waals surface area contributed by atoms with E-state index in [2.05, 4.69) is 18.2 Å². The first-order valence-electron chi connectivity index (χ1n) is 8.54. The molecule has 0 radical (unpaired) electrons. The number of rotatable bonds is 4. The molecule has 1 aliphatic carbocycles. The Balaban J connectivity index is 1.84. The van der Waals surface area contributed by atoms with E-state index in [1.807, 2.05) is 36.4 Å². The van der Waals surface area contributed by atoms with Gasteiger partial charge >= 0.3 is 0 Å². The van der Waals surface area contributed by atoms with E-state index in [9.17, 15) is 0 Å². The van der Waals surface area contributed by atoms with Gasteiger partial charge in [-0.3, -0.25) is 0 Å². The molecule has 0 bridgehead atoms. The number of aromatic nitrogens is 1. The van der Waals surface area contributed by atoms with Crippen LogP contribution in [0.15, 0.2) is 54.6 Å². The van der Waals surface area contributed by atoms with Crippen molar-refractivity contribution < 1.29 is 9.47 Å². The molecule has 24 heavy (non-hydrogen) atoms. The third-order valence-corrected chi connectivity index (χ3v) is 4.64. The Morgan fingerprint density at radius 1 is 0.958 bits per heavy atom. The molecular formula is C21H21NO2. The van der Waals surface area contributed by atoms with Crippen molar-refractivity contribution in [3.05, 3.63) is 54.6 Å². The van der Waals surface area contributed by atoms with Crippen LogP contribution < -0.4 is 9.47 Å². The van der Waals surface area contributed by atoms with Crippen molar-refractivity contribution in [3.8, 4) is 22.8 Å². The van der Waals surface area contributed by atoms with Crippen LogP contribution in [0.3, 0.4) is 0 Å². The molecule has 0 unspecified atom stereocenters. The summed E-state index contributed by atoms with van der Waals surface area (Å²) in [5, 5.41) is 1.04. The standard InChI is InChI=1S/C21H21NO2/c1-23-17-11-12-18-20(13-17)22-19(15-7-3-2-4-8-15)14-21(18)24-16-9-5-6-10-16/h2-4,7-8,11-14,16H,5-6,9-10H2,1H3. The smallest absolute Gasteiger partial charge is 0.131 e. The van der Waals surface area contributed by atoms with Crippen molar-refractivity contribution in [2.45, 2.75) is 31.8 Å². The van der Waals surface area contributed by atoms with Crippen LogP contribution >= 0.6 is 0 Å². The zero-order valence-electron chi connectivity index (χ0n) is 13.9. The predicted molar refractivity (Wildman–Crippen MR) is 96.6 cm³/mol. The van der Waals surface area contributed by atoms with E-state index >= 15 is 0 Å². The summed E-state index contributed by atoms with van der Waals surface area (Å²) in [6.07, 6.45) is 5.11. The van der Waals surface area contributed by atoms with Crippen molar-refractivity contribution in [2.24, 2.45) is 0 Å². The second-order valence-corrected chi connectivity index (χ2v) is 6.28. The largest absolute Gasteiger partial charge is 0.497 e. The van der Waals surface area contributed by atoms with Crippen LogP contribution in [0, 0.1) is 0 Å².